The first kappa shape index (κ1) is 22.4. The third kappa shape index (κ3) is 5.88. The van der Waals surface area contributed by atoms with Gasteiger partial charge in [0.1, 0.15) is 12.4 Å². The highest BCUT2D eigenvalue weighted by Gasteiger charge is 2.31. The van der Waals surface area contributed by atoms with Gasteiger partial charge in [0.15, 0.2) is 0 Å². The van der Waals surface area contributed by atoms with Gasteiger partial charge >= 0.3 is 12.1 Å². The standard InChI is InChI=1S/C23H28N2O6/c1-28-19-12-17(22(26)30-3)11-18(13-19)25-10-9-20(21(14-25)29-2)24-23(27)31-15-16-7-5-4-6-8-16/h4-8,11-13,20-21H,9-10,14-15H2,1-3H3,(H,24,27)/t20-,21+/m1/s1. The van der Waals surface area contributed by atoms with E-state index in [4.69, 9.17) is 18.9 Å². The van der Waals surface area contributed by atoms with E-state index in [9.17, 15) is 9.59 Å². The van der Waals surface area contributed by atoms with Gasteiger partial charge in [0.2, 0.25) is 0 Å². The van der Waals surface area contributed by atoms with Crippen LogP contribution in [0.15, 0.2) is 48.5 Å². The summed E-state index contributed by atoms with van der Waals surface area (Å²) in [5.41, 5.74) is 2.16. The molecule has 1 fully saturated rings. The summed E-state index contributed by atoms with van der Waals surface area (Å²) in [5.74, 6) is 0.137. The molecule has 0 aromatic heterocycles. The van der Waals surface area contributed by atoms with Gasteiger partial charge in [0.25, 0.3) is 0 Å². The highest BCUT2D eigenvalue weighted by atomic mass is 16.5. The molecule has 1 saturated heterocycles. The van der Waals surface area contributed by atoms with E-state index < -0.39 is 12.1 Å². The number of rotatable bonds is 7. The monoisotopic (exact) mass is 428 g/mol. The minimum Gasteiger partial charge on any atom is -0.497 e. The molecule has 0 bridgehead atoms. The lowest BCUT2D eigenvalue weighted by Crippen LogP contribution is -2.55. The quantitative estimate of drug-likeness (QED) is 0.679. The summed E-state index contributed by atoms with van der Waals surface area (Å²) in [6.45, 7) is 1.41. The zero-order chi connectivity index (χ0) is 22.2. The van der Waals surface area contributed by atoms with Crippen LogP contribution in [-0.4, -0.2) is 58.6 Å². The Morgan fingerprint density at radius 1 is 1.10 bits per heavy atom. The SMILES string of the molecule is COC(=O)c1cc(OC)cc(N2CC[C@@H](NC(=O)OCc3ccccc3)[C@@H](OC)C2)c1. The maximum atomic E-state index is 12.3. The summed E-state index contributed by atoms with van der Waals surface area (Å²) in [6.07, 6.45) is -0.0616. The van der Waals surface area contributed by atoms with E-state index in [2.05, 4.69) is 10.2 Å². The molecule has 1 heterocycles. The number of anilines is 1. The second-order valence-electron chi connectivity index (χ2n) is 7.23. The van der Waals surface area contributed by atoms with Gasteiger partial charge in [-0.25, -0.2) is 9.59 Å². The highest BCUT2D eigenvalue weighted by molar-refractivity contribution is 5.91. The van der Waals surface area contributed by atoms with Crippen molar-refractivity contribution >= 4 is 17.7 Å². The molecule has 166 valence electrons. The predicted molar refractivity (Wildman–Crippen MR) is 116 cm³/mol. The number of benzene rings is 2. The number of carbonyl (C=O) groups excluding carboxylic acids is 2. The molecule has 3 rings (SSSR count). The molecule has 0 radical (unpaired) electrons. The molecule has 0 unspecified atom stereocenters. The maximum Gasteiger partial charge on any atom is 0.407 e. The number of hydrogen-bond acceptors (Lipinski definition) is 7. The van der Waals surface area contributed by atoms with Gasteiger partial charge in [-0.2, -0.15) is 0 Å². The van der Waals surface area contributed by atoms with Crippen molar-refractivity contribution in [1.82, 2.24) is 5.32 Å². The molecular weight excluding hydrogens is 400 g/mol. The van der Waals surface area contributed by atoms with E-state index >= 15 is 0 Å². The second-order valence-corrected chi connectivity index (χ2v) is 7.23. The van der Waals surface area contributed by atoms with Gasteiger partial charge in [-0.15, -0.1) is 0 Å². The van der Waals surface area contributed by atoms with Gasteiger partial charge < -0.3 is 29.2 Å². The Balaban J connectivity index is 1.62. The molecule has 1 amide bonds. The van der Waals surface area contributed by atoms with E-state index in [1.54, 1.807) is 26.4 Å². The zero-order valence-corrected chi connectivity index (χ0v) is 18.0. The number of nitrogens with zero attached hydrogens (tertiary/aromatic N) is 1. The zero-order valence-electron chi connectivity index (χ0n) is 18.0. The Morgan fingerprint density at radius 2 is 1.87 bits per heavy atom. The van der Waals surface area contributed by atoms with Gasteiger partial charge in [0.05, 0.1) is 31.9 Å². The number of amides is 1. The fourth-order valence-corrected chi connectivity index (χ4v) is 3.59. The molecule has 1 aliphatic rings. The van der Waals surface area contributed by atoms with E-state index in [1.165, 1.54) is 7.11 Å². The Labute approximate surface area is 182 Å². The molecule has 0 saturated carbocycles. The van der Waals surface area contributed by atoms with Crippen molar-refractivity contribution in [3.8, 4) is 5.75 Å². The number of hydrogen-bond donors (Lipinski definition) is 1. The van der Waals surface area contributed by atoms with Crippen LogP contribution < -0.4 is 15.0 Å². The number of piperidine rings is 1. The Hall–Kier alpha value is -3.26. The third-order valence-electron chi connectivity index (χ3n) is 5.29. The van der Waals surface area contributed by atoms with Crippen LogP contribution >= 0.6 is 0 Å². The van der Waals surface area contributed by atoms with Crippen molar-refractivity contribution in [3.63, 3.8) is 0 Å². The molecule has 31 heavy (non-hydrogen) atoms. The number of alkyl carbamates (subject to hydrolysis) is 1. The minimum atomic E-state index is -0.473. The van der Waals surface area contributed by atoms with E-state index in [0.29, 0.717) is 30.8 Å². The molecule has 2 atom stereocenters. The van der Waals surface area contributed by atoms with E-state index in [-0.39, 0.29) is 18.8 Å². The smallest absolute Gasteiger partial charge is 0.407 e. The Bertz CT molecular complexity index is 889. The Kier molecular flexibility index (Phi) is 7.72. The van der Waals surface area contributed by atoms with Gasteiger partial charge in [-0.1, -0.05) is 30.3 Å². The first-order valence-electron chi connectivity index (χ1n) is 10.1. The van der Waals surface area contributed by atoms with Crippen LogP contribution in [0.3, 0.4) is 0 Å². The van der Waals surface area contributed by atoms with Crippen molar-refractivity contribution in [1.29, 1.82) is 0 Å². The Morgan fingerprint density at radius 3 is 2.55 bits per heavy atom. The summed E-state index contributed by atoms with van der Waals surface area (Å²) in [7, 11) is 4.51. The van der Waals surface area contributed by atoms with E-state index in [1.807, 2.05) is 36.4 Å². The third-order valence-corrected chi connectivity index (χ3v) is 5.29. The average Bonchev–Trinajstić information content (AvgIpc) is 2.82. The lowest BCUT2D eigenvalue weighted by Gasteiger charge is -2.39. The average molecular weight is 428 g/mol. The predicted octanol–water partition coefficient (Wildman–Crippen LogP) is 3.00. The largest absolute Gasteiger partial charge is 0.497 e. The number of esters is 1. The lowest BCUT2D eigenvalue weighted by atomic mass is 10.0. The van der Waals surface area contributed by atoms with Crippen LogP contribution in [-0.2, 0) is 20.8 Å². The second kappa shape index (κ2) is 10.7. The van der Waals surface area contributed by atoms with Crippen molar-refractivity contribution in [2.24, 2.45) is 0 Å². The molecule has 1 aliphatic heterocycles. The fourth-order valence-electron chi connectivity index (χ4n) is 3.59. The molecule has 0 spiro atoms. The number of methoxy groups -OCH3 is 3. The van der Waals surface area contributed by atoms with Crippen LogP contribution in [0.4, 0.5) is 10.5 Å². The number of ether oxygens (including phenoxy) is 4. The molecule has 0 aliphatic carbocycles. The van der Waals surface area contributed by atoms with Crippen molar-refractivity contribution in [2.45, 2.75) is 25.2 Å². The van der Waals surface area contributed by atoms with Gasteiger partial charge in [0, 0.05) is 32.0 Å². The van der Waals surface area contributed by atoms with Gasteiger partial charge in [-0.05, 0) is 24.1 Å². The van der Waals surface area contributed by atoms with Crippen LogP contribution in [0.25, 0.3) is 0 Å². The summed E-state index contributed by atoms with van der Waals surface area (Å²) in [5, 5.41) is 2.91. The molecule has 2 aromatic rings. The fraction of sp³-hybridized carbons (Fsp3) is 0.391. The molecule has 2 aromatic carbocycles. The van der Waals surface area contributed by atoms with Crippen LogP contribution in [0.5, 0.6) is 5.75 Å². The summed E-state index contributed by atoms with van der Waals surface area (Å²) in [4.78, 5) is 26.3. The van der Waals surface area contributed by atoms with Gasteiger partial charge in [-0.3, -0.25) is 0 Å². The first-order chi connectivity index (χ1) is 15.0. The number of nitrogens with one attached hydrogen (secondary N) is 1. The summed E-state index contributed by atoms with van der Waals surface area (Å²) < 4.78 is 21.1. The topological polar surface area (TPSA) is 86.3 Å². The maximum absolute atomic E-state index is 12.3. The molecule has 8 nitrogen and oxygen atoms in total. The number of carbonyl (C=O) groups is 2. The summed E-state index contributed by atoms with van der Waals surface area (Å²) in [6, 6.07) is 14.6. The van der Waals surface area contributed by atoms with Crippen molar-refractivity contribution in [2.75, 3.05) is 39.3 Å². The minimum absolute atomic E-state index is 0.185. The summed E-state index contributed by atoms with van der Waals surface area (Å²) >= 11 is 0. The normalized spacial score (nSPS) is 18.2. The molecular formula is C23H28N2O6. The molecule has 1 N–H and O–H groups in total. The van der Waals surface area contributed by atoms with Crippen LogP contribution in [0.2, 0.25) is 0 Å². The van der Waals surface area contributed by atoms with Crippen LogP contribution in [0.1, 0.15) is 22.3 Å². The van der Waals surface area contributed by atoms with Crippen LogP contribution in [0, 0.1) is 0 Å². The van der Waals surface area contributed by atoms with E-state index in [0.717, 1.165) is 11.3 Å². The first-order valence-corrected chi connectivity index (χ1v) is 10.1. The lowest BCUT2D eigenvalue weighted by molar-refractivity contribution is 0.0545. The van der Waals surface area contributed by atoms with Crippen molar-refractivity contribution < 1.29 is 28.5 Å². The highest BCUT2D eigenvalue weighted by Crippen LogP contribution is 2.28. The molecule has 8 heteroatoms. The van der Waals surface area contributed by atoms with Crippen molar-refractivity contribution in [3.05, 3.63) is 59.7 Å².